The Balaban J connectivity index is 1.20. The number of hydrogen-bond acceptors (Lipinski definition) is 6. The molecular weight excluding hydrogens is 612 g/mol. The van der Waals surface area contributed by atoms with E-state index in [0.717, 1.165) is 39.9 Å². The van der Waals surface area contributed by atoms with Crippen molar-refractivity contribution in [3.8, 4) is 11.1 Å². The van der Waals surface area contributed by atoms with E-state index < -0.39 is 12.4 Å². The number of hydrogen-bond donors (Lipinski definition) is 2. The van der Waals surface area contributed by atoms with Crippen LogP contribution in [0.3, 0.4) is 0 Å². The van der Waals surface area contributed by atoms with Crippen LogP contribution in [-0.4, -0.2) is 42.4 Å². The molecule has 1 amide bonds. The first kappa shape index (κ1) is 34.1. The molecule has 1 fully saturated rings. The predicted molar refractivity (Wildman–Crippen MR) is 194 cm³/mol. The summed E-state index contributed by atoms with van der Waals surface area (Å²) >= 11 is 0. The summed E-state index contributed by atoms with van der Waals surface area (Å²) in [7, 11) is 2.15. The number of fused-ring (bicyclic) bond motifs is 1. The molecule has 1 aliphatic heterocycles. The van der Waals surface area contributed by atoms with Crippen LogP contribution in [0.15, 0.2) is 128 Å². The lowest BCUT2D eigenvalue weighted by Crippen LogP contribution is -2.38. The molecule has 0 bridgehead atoms. The van der Waals surface area contributed by atoms with Gasteiger partial charge in [0.25, 0.3) is 0 Å². The van der Waals surface area contributed by atoms with Gasteiger partial charge in [-0.2, -0.15) is 0 Å². The van der Waals surface area contributed by atoms with E-state index in [0.29, 0.717) is 13.0 Å². The normalized spacial score (nSPS) is 18.2. The molecule has 4 atom stereocenters. The molecule has 7 nitrogen and oxygen atoms in total. The van der Waals surface area contributed by atoms with Crippen LogP contribution < -0.4 is 5.32 Å². The minimum Gasteiger partial charge on any atom is -0.445 e. The second kappa shape index (κ2) is 16.1. The van der Waals surface area contributed by atoms with Crippen LogP contribution in [0.1, 0.15) is 59.6 Å². The third kappa shape index (κ3) is 8.45. The number of alkyl carbamates (subject to hydrolysis) is 1. The topological polar surface area (TPSA) is 80.3 Å². The van der Waals surface area contributed by atoms with Crippen LogP contribution in [-0.2, 0) is 27.4 Å². The second-order valence-corrected chi connectivity index (χ2v) is 12.6. The number of aliphatic hydroxyl groups is 1. The number of aliphatic hydroxyl groups excluding tert-OH is 1. The van der Waals surface area contributed by atoms with Crippen LogP contribution in [0.2, 0.25) is 0 Å². The van der Waals surface area contributed by atoms with E-state index in [4.69, 9.17) is 14.2 Å². The Morgan fingerprint density at radius 2 is 1.65 bits per heavy atom. The molecule has 0 aromatic heterocycles. The summed E-state index contributed by atoms with van der Waals surface area (Å²) < 4.78 is 18.4. The smallest absolute Gasteiger partial charge is 0.407 e. The molecule has 1 aliphatic rings. The molecule has 0 aliphatic carbocycles. The molecule has 0 radical (unpaired) electrons. The zero-order chi connectivity index (χ0) is 34.2. The third-order valence-electron chi connectivity index (χ3n) is 9.29. The van der Waals surface area contributed by atoms with Crippen LogP contribution in [0.5, 0.6) is 0 Å². The molecule has 6 rings (SSSR count). The Kier molecular flexibility index (Phi) is 11.2. The average Bonchev–Trinajstić information content (AvgIpc) is 3.15. The van der Waals surface area contributed by atoms with Crippen LogP contribution in [0.4, 0.5) is 4.79 Å². The van der Waals surface area contributed by atoms with Crippen molar-refractivity contribution in [3.63, 3.8) is 0 Å². The van der Waals surface area contributed by atoms with Crippen molar-refractivity contribution < 1.29 is 24.1 Å². The highest BCUT2D eigenvalue weighted by molar-refractivity contribution is 5.83. The maximum absolute atomic E-state index is 12.0. The van der Waals surface area contributed by atoms with Gasteiger partial charge in [0.2, 0.25) is 0 Å². The van der Waals surface area contributed by atoms with E-state index in [9.17, 15) is 9.90 Å². The lowest BCUT2D eigenvalue weighted by atomic mass is 9.97. The minimum absolute atomic E-state index is 0.00254. The number of benzene rings is 5. The highest BCUT2D eigenvalue weighted by atomic mass is 16.7. The summed E-state index contributed by atoms with van der Waals surface area (Å²) in [5.74, 6) is 0. The van der Waals surface area contributed by atoms with Gasteiger partial charge in [0.1, 0.15) is 6.61 Å². The maximum Gasteiger partial charge on any atom is 0.407 e. The number of nitrogens with zero attached hydrogens (tertiary/aromatic N) is 1. The van der Waals surface area contributed by atoms with Crippen LogP contribution in [0.25, 0.3) is 21.9 Å². The first-order valence-electron chi connectivity index (χ1n) is 16.8. The summed E-state index contributed by atoms with van der Waals surface area (Å²) in [5.41, 5.74) is 7.14. The largest absolute Gasteiger partial charge is 0.445 e. The molecule has 0 saturated carbocycles. The van der Waals surface area contributed by atoms with Gasteiger partial charge in [0, 0.05) is 31.1 Å². The van der Waals surface area contributed by atoms with Gasteiger partial charge in [0.15, 0.2) is 6.29 Å². The molecule has 0 unspecified atom stereocenters. The monoisotopic (exact) mass is 656 g/mol. The van der Waals surface area contributed by atoms with Gasteiger partial charge >= 0.3 is 6.09 Å². The number of nitrogens with one attached hydrogen (secondary N) is 1. The van der Waals surface area contributed by atoms with E-state index >= 15 is 0 Å². The number of carbonyl (C=O) groups excluding carboxylic acids is 1. The Hall–Kier alpha value is -4.79. The summed E-state index contributed by atoms with van der Waals surface area (Å²) in [4.78, 5) is 14.4. The number of likely N-dealkylation sites (N-methyl/N-ethyl adjacent to an activating group) is 1. The fourth-order valence-electron chi connectivity index (χ4n) is 6.36. The van der Waals surface area contributed by atoms with E-state index in [1.165, 1.54) is 22.4 Å². The summed E-state index contributed by atoms with van der Waals surface area (Å²) in [6.45, 7) is 7.05. The number of rotatable bonds is 12. The van der Waals surface area contributed by atoms with Crippen molar-refractivity contribution in [2.75, 3.05) is 20.2 Å². The number of amides is 1. The quantitative estimate of drug-likeness (QED) is 0.131. The maximum atomic E-state index is 12.0. The molecular formula is C42H44N2O5. The fraction of sp³-hybridized carbons (Fsp3) is 0.262. The van der Waals surface area contributed by atoms with E-state index in [-0.39, 0.29) is 31.5 Å². The molecule has 5 aromatic carbocycles. The zero-order valence-electron chi connectivity index (χ0n) is 28.1. The van der Waals surface area contributed by atoms with Crippen LogP contribution >= 0.6 is 0 Å². The highest BCUT2D eigenvalue weighted by Gasteiger charge is 2.33. The van der Waals surface area contributed by atoms with Gasteiger partial charge in [0.05, 0.1) is 18.8 Å². The lowest BCUT2D eigenvalue weighted by Gasteiger charge is -2.39. The van der Waals surface area contributed by atoms with Crippen molar-refractivity contribution >= 4 is 16.9 Å². The Morgan fingerprint density at radius 3 is 2.41 bits per heavy atom. The van der Waals surface area contributed by atoms with Crippen molar-refractivity contribution in [1.82, 2.24) is 10.2 Å². The van der Waals surface area contributed by atoms with Gasteiger partial charge in [-0.05, 0) is 64.2 Å². The number of ether oxygens (including phenoxy) is 3. The summed E-state index contributed by atoms with van der Waals surface area (Å²) in [6, 6.07) is 39.5. The molecule has 2 N–H and O–H groups in total. The van der Waals surface area contributed by atoms with Crippen molar-refractivity contribution in [1.29, 1.82) is 0 Å². The Bertz CT molecular complexity index is 1860. The first-order chi connectivity index (χ1) is 23.9. The zero-order valence-corrected chi connectivity index (χ0v) is 28.1. The molecule has 5 aromatic rings. The summed E-state index contributed by atoms with van der Waals surface area (Å²) in [6.07, 6.45) is 0.948. The van der Waals surface area contributed by atoms with Gasteiger partial charge in [-0.3, -0.25) is 4.90 Å². The molecule has 0 spiro atoms. The Labute approximate surface area is 288 Å². The highest BCUT2D eigenvalue weighted by Crippen LogP contribution is 2.39. The standard InChI is InChI=1S/C42H44N2O5/c1-4-23-47-42(46)43-26-37-11-7-8-12-39(37)32-18-20-34(21-19-32)41-48-38(25-40(49-41)33-15-13-30(28-45)14-16-33)27-44(3)29(2)35-22-17-31-9-5-6-10-36(31)24-35/h4-22,24,29,38,40-41,45H,1,23,25-28H2,2-3H3,(H,43,46)/t29-,38-,40+,41+/m1/s1. The summed E-state index contributed by atoms with van der Waals surface area (Å²) in [5, 5.41) is 14.9. The van der Waals surface area contributed by atoms with Crippen molar-refractivity contribution in [2.45, 2.75) is 51.0 Å². The van der Waals surface area contributed by atoms with Gasteiger partial charge in [-0.25, -0.2) is 4.79 Å². The SMILES string of the molecule is C=CCOC(=O)NCc1ccccc1-c1ccc([C@H]2O[C@@H](CN(C)[C@H](C)c3ccc4ccccc4c3)C[C@@H](c3ccc(CO)cc3)O2)cc1. The molecule has 7 heteroatoms. The third-order valence-corrected chi connectivity index (χ3v) is 9.29. The minimum atomic E-state index is -0.559. The van der Waals surface area contributed by atoms with E-state index in [1.54, 1.807) is 0 Å². The van der Waals surface area contributed by atoms with Gasteiger partial charge in [-0.15, -0.1) is 0 Å². The molecule has 1 heterocycles. The second-order valence-electron chi connectivity index (χ2n) is 12.6. The van der Waals surface area contributed by atoms with Crippen molar-refractivity contribution in [3.05, 3.63) is 156 Å². The first-order valence-corrected chi connectivity index (χ1v) is 16.8. The van der Waals surface area contributed by atoms with Gasteiger partial charge in [-0.1, -0.05) is 122 Å². The lowest BCUT2D eigenvalue weighted by molar-refractivity contribution is -0.253. The Morgan fingerprint density at radius 1 is 0.939 bits per heavy atom. The average molecular weight is 657 g/mol. The fourth-order valence-corrected chi connectivity index (χ4v) is 6.36. The van der Waals surface area contributed by atoms with E-state index in [1.807, 2.05) is 48.5 Å². The van der Waals surface area contributed by atoms with Gasteiger partial charge < -0.3 is 24.6 Å². The molecule has 1 saturated heterocycles. The van der Waals surface area contributed by atoms with E-state index in [2.05, 4.69) is 97.5 Å². The molecule has 252 valence electrons. The van der Waals surface area contributed by atoms with Crippen LogP contribution in [0, 0.1) is 0 Å². The molecule has 49 heavy (non-hydrogen) atoms. The van der Waals surface area contributed by atoms with Crippen molar-refractivity contribution in [2.24, 2.45) is 0 Å². The predicted octanol–water partition coefficient (Wildman–Crippen LogP) is 8.65. The number of carbonyl (C=O) groups is 1.